The second-order valence-electron chi connectivity index (χ2n) is 6.77. The molecule has 28 heavy (non-hydrogen) atoms. The molecule has 0 atom stereocenters. The summed E-state index contributed by atoms with van der Waals surface area (Å²) in [5.74, 6) is -0.481. The van der Waals surface area contributed by atoms with Gasteiger partial charge in [-0.2, -0.15) is 13.2 Å². The van der Waals surface area contributed by atoms with Crippen LogP contribution in [0.5, 0.6) is 0 Å². The molecule has 2 aromatic heterocycles. The predicted molar refractivity (Wildman–Crippen MR) is 102 cm³/mol. The number of hydrogen-bond acceptors (Lipinski definition) is 2. The number of aromatic nitrogens is 2. The molecule has 0 unspecified atom stereocenters. The molecule has 146 valence electrons. The number of pyridine rings is 2. The monoisotopic (exact) mass is 408 g/mol. The van der Waals surface area contributed by atoms with Gasteiger partial charge in [0.15, 0.2) is 0 Å². The maximum absolute atomic E-state index is 15.0. The number of benzene rings is 1. The molecule has 7 heteroatoms. The average Bonchev–Trinajstić information content (AvgIpc) is 2.61. The summed E-state index contributed by atoms with van der Waals surface area (Å²) in [6.45, 7) is 5.21. The van der Waals surface area contributed by atoms with Gasteiger partial charge in [0, 0.05) is 16.8 Å². The molecule has 0 amide bonds. The van der Waals surface area contributed by atoms with Crippen molar-refractivity contribution in [3.05, 3.63) is 70.3 Å². The first-order valence-electron chi connectivity index (χ1n) is 8.59. The molecular weight excluding hydrogens is 392 g/mol. The van der Waals surface area contributed by atoms with Crippen LogP contribution in [0, 0.1) is 12.7 Å². The Hall–Kier alpha value is -2.47. The zero-order chi connectivity index (χ0) is 20.6. The minimum Gasteiger partial charge on any atom is -0.249 e. The Labute approximate surface area is 165 Å². The molecule has 1 aromatic carbocycles. The molecule has 0 saturated carbocycles. The zero-order valence-electron chi connectivity index (χ0n) is 15.4. The second kappa shape index (κ2) is 7.51. The first-order valence-corrected chi connectivity index (χ1v) is 8.97. The smallest absolute Gasteiger partial charge is 0.249 e. The van der Waals surface area contributed by atoms with Gasteiger partial charge in [-0.05, 0) is 48.7 Å². The molecule has 0 spiro atoms. The quantitative estimate of drug-likeness (QED) is 0.434. The van der Waals surface area contributed by atoms with E-state index in [0.717, 1.165) is 6.07 Å². The summed E-state index contributed by atoms with van der Waals surface area (Å²) in [6, 6.07) is 10.4. The van der Waals surface area contributed by atoms with Crippen molar-refractivity contribution >= 4 is 11.6 Å². The largest absolute Gasteiger partial charge is 0.433 e. The molecule has 0 bridgehead atoms. The maximum Gasteiger partial charge on any atom is 0.433 e. The Morgan fingerprint density at radius 1 is 1.00 bits per heavy atom. The Kier molecular flexibility index (Phi) is 5.44. The first kappa shape index (κ1) is 20.3. The van der Waals surface area contributed by atoms with Crippen LogP contribution in [-0.4, -0.2) is 9.97 Å². The number of alkyl halides is 3. The highest BCUT2D eigenvalue weighted by atomic mass is 35.5. The van der Waals surface area contributed by atoms with Crippen LogP contribution in [0.15, 0.2) is 42.5 Å². The molecular formula is C21H17ClF4N2. The molecule has 0 aliphatic rings. The van der Waals surface area contributed by atoms with Crippen LogP contribution in [0.1, 0.15) is 36.7 Å². The number of halogens is 5. The van der Waals surface area contributed by atoms with Crippen LogP contribution in [0.3, 0.4) is 0 Å². The Bertz CT molecular complexity index is 1030. The maximum atomic E-state index is 15.0. The van der Waals surface area contributed by atoms with Crippen molar-refractivity contribution in [1.29, 1.82) is 0 Å². The van der Waals surface area contributed by atoms with Gasteiger partial charge in [0.25, 0.3) is 0 Å². The molecule has 0 saturated heterocycles. The fourth-order valence-electron chi connectivity index (χ4n) is 2.93. The van der Waals surface area contributed by atoms with Crippen molar-refractivity contribution in [2.45, 2.75) is 32.9 Å². The zero-order valence-corrected chi connectivity index (χ0v) is 16.2. The van der Waals surface area contributed by atoms with Gasteiger partial charge in [0.1, 0.15) is 11.5 Å². The lowest BCUT2D eigenvalue weighted by Gasteiger charge is -2.13. The molecule has 3 aromatic rings. The Balaban J connectivity index is 2.17. The standard InChI is InChI=1S/C21H17ClF4N2/c1-11(2)14-5-4-6-15(19(14)23)20-16(22)7-8-17(28-20)13-9-12(3)27-18(10-13)21(24,25)26/h4-11H,1-3H3. The van der Waals surface area contributed by atoms with Gasteiger partial charge in [0.2, 0.25) is 0 Å². The molecule has 0 N–H and O–H groups in total. The number of hydrogen-bond donors (Lipinski definition) is 0. The lowest BCUT2D eigenvalue weighted by molar-refractivity contribution is -0.141. The summed E-state index contributed by atoms with van der Waals surface area (Å²) >= 11 is 6.24. The van der Waals surface area contributed by atoms with Crippen LogP contribution < -0.4 is 0 Å². The SMILES string of the molecule is Cc1cc(-c2ccc(Cl)c(-c3cccc(C(C)C)c3F)n2)cc(C(F)(F)F)n1. The van der Waals surface area contributed by atoms with Crippen LogP contribution in [-0.2, 0) is 6.18 Å². The molecule has 2 nitrogen and oxygen atoms in total. The third kappa shape index (κ3) is 4.02. The normalized spacial score (nSPS) is 11.9. The minimum atomic E-state index is -4.58. The van der Waals surface area contributed by atoms with Crippen LogP contribution in [0.2, 0.25) is 5.02 Å². The summed E-state index contributed by atoms with van der Waals surface area (Å²) in [7, 11) is 0. The van der Waals surface area contributed by atoms with Crippen molar-refractivity contribution in [2.75, 3.05) is 0 Å². The third-order valence-corrected chi connectivity index (χ3v) is 4.60. The first-order chi connectivity index (χ1) is 13.1. The molecule has 2 heterocycles. The molecule has 0 fully saturated rings. The number of rotatable bonds is 3. The van der Waals surface area contributed by atoms with E-state index in [1.807, 2.05) is 13.8 Å². The van der Waals surface area contributed by atoms with Gasteiger partial charge < -0.3 is 0 Å². The molecule has 0 aliphatic carbocycles. The van der Waals surface area contributed by atoms with Crippen LogP contribution >= 0.6 is 11.6 Å². The lowest BCUT2D eigenvalue weighted by atomic mass is 9.98. The van der Waals surface area contributed by atoms with E-state index in [1.165, 1.54) is 25.1 Å². The average molecular weight is 409 g/mol. The van der Waals surface area contributed by atoms with Gasteiger partial charge >= 0.3 is 6.18 Å². The second-order valence-corrected chi connectivity index (χ2v) is 7.18. The van der Waals surface area contributed by atoms with Crippen LogP contribution in [0.4, 0.5) is 17.6 Å². The Morgan fingerprint density at radius 2 is 1.71 bits per heavy atom. The van der Waals surface area contributed by atoms with E-state index in [-0.39, 0.29) is 39.1 Å². The Morgan fingerprint density at radius 3 is 2.36 bits per heavy atom. The van der Waals surface area contributed by atoms with Crippen molar-refractivity contribution in [3.8, 4) is 22.5 Å². The van der Waals surface area contributed by atoms with E-state index in [4.69, 9.17) is 11.6 Å². The van der Waals surface area contributed by atoms with Crippen molar-refractivity contribution in [3.63, 3.8) is 0 Å². The molecule has 3 rings (SSSR count). The topological polar surface area (TPSA) is 25.8 Å². The molecule has 0 radical (unpaired) electrons. The highest BCUT2D eigenvalue weighted by Gasteiger charge is 2.33. The number of nitrogens with zero attached hydrogens (tertiary/aromatic N) is 2. The van der Waals surface area contributed by atoms with Crippen LogP contribution in [0.25, 0.3) is 22.5 Å². The minimum absolute atomic E-state index is 0.0425. The summed E-state index contributed by atoms with van der Waals surface area (Å²) in [4.78, 5) is 7.91. The summed E-state index contributed by atoms with van der Waals surface area (Å²) in [5, 5.41) is 0.213. The third-order valence-electron chi connectivity index (χ3n) is 4.29. The van der Waals surface area contributed by atoms with Crippen molar-refractivity contribution < 1.29 is 17.6 Å². The van der Waals surface area contributed by atoms with Gasteiger partial charge in [-0.1, -0.05) is 37.6 Å². The van der Waals surface area contributed by atoms with Crippen molar-refractivity contribution in [2.24, 2.45) is 0 Å². The van der Waals surface area contributed by atoms with E-state index in [9.17, 15) is 17.6 Å². The van der Waals surface area contributed by atoms with E-state index in [2.05, 4.69) is 9.97 Å². The fraction of sp³-hybridized carbons (Fsp3) is 0.238. The van der Waals surface area contributed by atoms with Crippen molar-refractivity contribution in [1.82, 2.24) is 9.97 Å². The van der Waals surface area contributed by atoms with Gasteiger partial charge in [-0.3, -0.25) is 0 Å². The molecule has 0 aliphatic heterocycles. The lowest BCUT2D eigenvalue weighted by Crippen LogP contribution is -2.09. The van der Waals surface area contributed by atoms with Gasteiger partial charge in [-0.15, -0.1) is 0 Å². The predicted octanol–water partition coefficient (Wildman–Crippen LogP) is 7.05. The number of aryl methyl sites for hydroxylation is 1. The highest BCUT2D eigenvalue weighted by molar-refractivity contribution is 6.33. The summed E-state index contributed by atoms with van der Waals surface area (Å²) < 4.78 is 54.2. The summed E-state index contributed by atoms with van der Waals surface area (Å²) in [6.07, 6.45) is -4.58. The van der Waals surface area contributed by atoms with E-state index >= 15 is 0 Å². The highest BCUT2D eigenvalue weighted by Crippen LogP contribution is 2.35. The van der Waals surface area contributed by atoms with E-state index in [1.54, 1.807) is 18.2 Å². The van der Waals surface area contributed by atoms with Gasteiger partial charge in [-0.25, -0.2) is 14.4 Å². The van der Waals surface area contributed by atoms with Gasteiger partial charge in [0.05, 0.1) is 16.4 Å². The van der Waals surface area contributed by atoms with E-state index in [0.29, 0.717) is 5.56 Å². The fourth-order valence-corrected chi connectivity index (χ4v) is 3.14. The summed E-state index contributed by atoms with van der Waals surface area (Å²) in [5.41, 5.74) is 0.592. The van der Waals surface area contributed by atoms with E-state index < -0.39 is 17.7 Å².